The van der Waals surface area contributed by atoms with E-state index in [4.69, 9.17) is 0 Å². The van der Waals surface area contributed by atoms with Gasteiger partial charge in [0.2, 0.25) is 6.71 Å². The minimum atomic E-state index is -0.0828. The van der Waals surface area contributed by atoms with Gasteiger partial charge in [0.05, 0.1) is 0 Å². The van der Waals surface area contributed by atoms with Crippen LogP contribution < -0.4 is 15.8 Å². The summed E-state index contributed by atoms with van der Waals surface area (Å²) < 4.78 is 0. The highest BCUT2D eigenvalue weighted by Crippen LogP contribution is 2.55. The molecular formula is C43H42BN. The maximum Gasteiger partial charge on any atom is 0.244 e. The number of hydrogen-bond donors (Lipinski definition) is 0. The molecule has 0 amide bonds. The van der Waals surface area contributed by atoms with E-state index in [2.05, 4.69) is 169 Å². The van der Waals surface area contributed by atoms with Crippen molar-refractivity contribution in [3.63, 3.8) is 0 Å². The van der Waals surface area contributed by atoms with Gasteiger partial charge in [-0.2, -0.15) is 0 Å². The van der Waals surface area contributed by atoms with Crippen LogP contribution in [0, 0.1) is 0 Å². The number of allylic oxidation sites excluding steroid dienone is 1. The second-order valence-electron chi connectivity index (χ2n) is 15.9. The second-order valence-corrected chi connectivity index (χ2v) is 15.9. The van der Waals surface area contributed by atoms with Crippen LogP contribution in [0.1, 0.15) is 83.2 Å². The van der Waals surface area contributed by atoms with Crippen LogP contribution in [0.3, 0.4) is 0 Å². The lowest BCUT2D eigenvalue weighted by atomic mass is 9.33. The van der Waals surface area contributed by atoms with E-state index >= 15 is 0 Å². The van der Waals surface area contributed by atoms with Gasteiger partial charge in [-0.3, -0.25) is 0 Å². The zero-order valence-corrected chi connectivity index (χ0v) is 27.9. The van der Waals surface area contributed by atoms with Gasteiger partial charge < -0.3 is 4.90 Å². The zero-order valence-electron chi connectivity index (χ0n) is 27.9. The highest BCUT2D eigenvalue weighted by atomic mass is 15.2. The molecule has 45 heavy (non-hydrogen) atoms. The van der Waals surface area contributed by atoms with E-state index in [1.165, 1.54) is 72.5 Å². The zero-order chi connectivity index (χ0) is 31.5. The van der Waals surface area contributed by atoms with Crippen LogP contribution >= 0.6 is 0 Å². The molecule has 1 aliphatic carbocycles. The molecule has 3 aliphatic rings. The van der Waals surface area contributed by atoms with Crippen molar-refractivity contribution in [3.05, 3.63) is 142 Å². The molecule has 0 spiro atoms. The molecule has 2 aliphatic heterocycles. The first kappa shape index (κ1) is 28.2. The van der Waals surface area contributed by atoms with Crippen molar-refractivity contribution in [2.45, 2.75) is 71.6 Å². The van der Waals surface area contributed by atoms with Crippen molar-refractivity contribution in [1.82, 2.24) is 0 Å². The van der Waals surface area contributed by atoms with E-state index in [1.54, 1.807) is 5.47 Å². The van der Waals surface area contributed by atoms with Crippen molar-refractivity contribution in [1.29, 1.82) is 0 Å². The number of para-hydroxylation sites is 1. The van der Waals surface area contributed by atoms with Crippen molar-refractivity contribution in [2.75, 3.05) is 4.90 Å². The number of anilines is 3. The lowest BCUT2D eigenvalue weighted by molar-refractivity contribution is 0.584. The molecule has 8 rings (SSSR count). The summed E-state index contributed by atoms with van der Waals surface area (Å²) in [6.07, 6.45) is 0. The molecule has 2 heterocycles. The number of nitrogens with zero attached hydrogens (tertiary/aromatic N) is 1. The smallest absolute Gasteiger partial charge is 0.244 e. The number of rotatable bonds is 2. The Balaban J connectivity index is 1.36. The van der Waals surface area contributed by atoms with E-state index in [0.717, 1.165) is 0 Å². The van der Waals surface area contributed by atoms with Gasteiger partial charge >= 0.3 is 0 Å². The molecule has 2 heteroatoms. The quantitative estimate of drug-likeness (QED) is 0.187. The highest BCUT2D eigenvalue weighted by molar-refractivity contribution is 6.97. The van der Waals surface area contributed by atoms with Crippen LogP contribution in [0.5, 0.6) is 0 Å². The third-order valence-electron chi connectivity index (χ3n) is 10.6. The van der Waals surface area contributed by atoms with E-state index in [0.29, 0.717) is 0 Å². The van der Waals surface area contributed by atoms with Crippen molar-refractivity contribution < 1.29 is 0 Å². The standard InChI is InChI=1S/C43H42BN/c1-41(2,3)29-20-17-27(18-21-29)28-19-24-35-37(25-28)45(31-13-10-9-11-14-31)36-16-12-15-33-38-32-23-22-30(42(4,5)6)26-34(32)43(7,8)40(38)44(35)39(33)36/h9-26H,1-8H3. The van der Waals surface area contributed by atoms with E-state index in [-0.39, 0.29) is 23.0 Å². The van der Waals surface area contributed by atoms with Crippen molar-refractivity contribution >= 4 is 40.3 Å². The normalized spacial score (nSPS) is 16.0. The van der Waals surface area contributed by atoms with Crippen LogP contribution in [0.4, 0.5) is 17.1 Å². The summed E-state index contributed by atoms with van der Waals surface area (Å²) in [4.78, 5) is 2.51. The van der Waals surface area contributed by atoms with Crippen LogP contribution in [-0.4, -0.2) is 6.71 Å². The molecule has 0 saturated carbocycles. The predicted octanol–water partition coefficient (Wildman–Crippen LogP) is 9.99. The molecule has 0 N–H and O–H groups in total. The lowest BCUT2D eigenvalue weighted by Gasteiger charge is -2.39. The molecule has 0 aromatic heterocycles. The predicted molar refractivity (Wildman–Crippen MR) is 194 cm³/mol. The number of hydrogen-bond acceptors (Lipinski definition) is 1. The monoisotopic (exact) mass is 583 g/mol. The molecule has 0 atom stereocenters. The topological polar surface area (TPSA) is 3.24 Å². The molecule has 0 radical (unpaired) electrons. The van der Waals surface area contributed by atoms with E-state index in [9.17, 15) is 0 Å². The summed E-state index contributed by atoms with van der Waals surface area (Å²) >= 11 is 0. The fourth-order valence-electron chi connectivity index (χ4n) is 8.18. The summed E-state index contributed by atoms with van der Waals surface area (Å²) in [5, 5.41) is 0. The second kappa shape index (κ2) is 9.36. The Morgan fingerprint density at radius 3 is 1.93 bits per heavy atom. The van der Waals surface area contributed by atoms with E-state index in [1.807, 2.05) is 0 Å². The first-order valence-corrected chi connectivity index (χ1v) is 16.5. The molecular weight excluding hydrogens is 541 g/mol. The van der Waals surface area contributed by atoms with Crippen LogP contribution in [0.2, 0.25) is 0 Å². The van der Waals surface area contributed by atoms with Gasteiger partial charge in [0.1, 0.15) is 0 Å². The Morgan fingerprint density at radius 1 is 0.578 bits per heavy atom. The highest BCUT2D eigenvalue weighted by Gasteiger charge is 2.52. The Labute approximate surface area is 269 Å². The van der Waals surface area contributed by atoms with Crippen molar-refractivity contribution in [2.24, 2.45) is 0 Å². The van der Waals surface area contributed by atoms with Crippen LogP contribution in [-0.2, 0) is 16.2 Å². The molecule has 0 unspecified atom stereocenters. The molecule has 1 nitrogen and oxygen atoms in total. The van der Waals surface area contributed by atoms with Gasteiger partial charge in [-0.25, -0.2) is 0 Å². The maximum absolute atomic E-state index is 2.51. The molecule has 0 fully saturated rings. The van der Waals surface area contributed by atoms with Crippen molar-refractivity contribution in [3.8, 4) is 11.1 Å². The Morgan fingerprint density at radius 2 is 1.24 bits per heavy atom. The average Bonchev–Trinajstić information content (AvgIpc) is 3.48. The first-order chi connectivity index (χ1) is 21.4. The number of benzene rings is 5. The van der Waals surface area contributed by atoms with Gasteiger partial charge in [0.25, 0.3) is 0 Å². The third-order valence-corrected chi connectivity index (χ3v) is 10.6. The maximum atomic E-state index is 2.51. The molecule has 0 saturated heterocycles. The van der Waals surface area contributed by atoms with Crippen LogP contribution in [0.25, 0.3) is 16.7 Å². The van der Waals surface area contributed by atoms with E-state index < -0.39 is 0 Å². The molecule has 5 aromatic carbocycles. The number of fused-ring (bicyclic) bond motifs is 6. The van der Waals surface area contributed by atoms with Gasteiger partial charge in [0.15, 0.2) is 0 Å². The lowest BCUT2D eigenvalue weighted by Crippen LogP contribution is -2.52. The van der Waals surface area contributed by atoms with Crippen LogP contribution in [0.15, 0.2) is 115 Å². The first-order valence-electron chi connectivity index (χ1n) is 16.5. The Hall–Kier alpha value is -4.30. The molecule has 5 aromatic rings. The molecule has 0 bridgehead atoms. The van der Waals surface area contributed by atoms with Gasteiger partial charge in [-0.15, -0.1) is 0 Å². The summed E-state index contributed by atoms with van der Waals surface area (Å²) in [6, 6.07) is 41.6. The summed E-state index contributed by atoms with van der Waals surface area (Å²) in [7, 11) is 0. The van der Waals surface area contributed by atoms with Gasteiger partial charge in [0, 0.05) is 22.5 Å². The Kier molecular flexibility index (Phi) is 5.87. The minimum Gasteiger partial charge on any atom is -0.311 e. The molecule has 222 valence electrons. The average molecular weight is 584 g/mol. The summed E-state index contributed by atoms with van der Waals surface area (Å²) in [6.45, 7) is 18.9. The Bertz CT molecular complexity index is 2030. The third kappa shape index (κ3) is 4.07. The fourth-order valence-corrected chi connectivity index (χ4v) is 8.18. The van der Waals surface area contributed by atoms with Gasteiger partial charge in [-0.1, -0.05) is 146 Å². The summed E-state index contributed by atoms with van der Waals surface area (Å²) in [5.41, 5.74) is 19.4. The van der Waals surface area contributed by atoms with Gasteiger partial charge in [-0.05, 0) is 90.5 Å². The SMILES string of the molecule is CC(C)(C)c1ccc(-c2ccc3c(c2)N(c2ccccc2)c2cccc4c2B3C2=C4c3ccc(C(C)(C)C)cc3C2(C)C)cc1. The fraction of sp³-hybridized carbons (Fsp3) is 0.256. The largest absolute Gasteiger partial charge is 0.311 e. The minimum absolute atomic E-state index is 0.0828. The summed E-state index contributed by atoms with van der Waals surface area (Å²) in [5.74, 6) is 0.